The van der Waals surface area contributed by atoms with Gasteiger partial charge in [-0.1, -0.05) is 42.5 Å². The molecule has 0 aromatic heterocycles. The van der Waals surface area contributed by atoms with E-state index in [1.807, 2.05) is 30.3 Å². The van der Waals surface area contributed by atoms with E-state index in [2.05, 4.69) is 0 Å². The number of nitrogens with zero attached hydrogens (tertiary/aromatic N) is 2. The van der Waals surface area contributed by atoms with Crippen LogP contribution in [0.25, 0.3) is 0 Å². The van der Waals surface area contributed by atoms with Crippen molar-refractivity contribution in [1.29, 1.82) is 0 Å². The number of rotatable bonds is 4. The molecular formula is C19H13FN2O2S. The molecule has 3 rings (SSSR count). The average Bonchev–Trinajstić information content (AvgIpc) is 2.63. The summed E-state index contributed by atoms with van der Waals surface area (Å²) in [6.45, 7) is 0. The Labute approximate surface area is 149 Å². The lowest BCUT2D eigenvalue weighted by molar-refractivity contribution is -0.384. The van der Waals surface area contributed by atoms with Gasteiger partial charge in [0, 0.05) is 29.1 Å². The number of benzene rings is 3. The second-order valence-electron chi connectivity index (χ2n) is 5.26. The van der Waals surface area contributed by atoms with Gasteiger partial charge in [0.15, 0.2) is 0 Å². The number of hydrogen-bond donors (Lipinski definition) is 0. The number of para-hydroxylation sites is 1. The van der Waals surface area contributed by atoms with Crippen LogP contribution in [0.15, 0.2) is 78.9 Å². The predicted molar refractivity (Wildman–Crippen MR) is 99.8 cm³/mol. The van der Waals surface area contributed by atoms with Gasteiger partial charge in [-0.25, -0.2) is 4.39 Å². The average molecular weight is 352 g/mol. The Kier molecular flexibility index (Phi) is 4.81. The van der Waals surface area contributed by atoms with E-state index in [1.54, 1.807) is 29.2 Å². The maximum Gasteiger partial charge on any atom is 0.269 e. The molecule has 3 aromatic rings. The van der Waals surface area contributed by atoms with Crippen LogP contribution in [0.5, 0.6) is 0 Å². The molecule has 0 radical (unpaired) electrons. The fraction of sp³-hybridized carbons (Fsp3) is 0. The summed E-state index contributed by atoms with van der Waals surface area (Å²) in [4.78, 5) is 12.6. The van der Waals surface area contributed by atoms with Crippen molar-refractivity contribution in [3.05, 3.63) is 100 Å². The first-order chi connectivity index (χ1) is 12.1. The molecule has 0 atom stereocenters. The second-order valence-corrected chi connectivity index (χ2v) is 5.65. The van der Waals surface area contributed by atoms with Gasteiger partial charge in [0.1, 0.15) is 10.8 Å². The minimum absolute atomic E-state index is 0.00608. The normalized spacial score (nSPS) is 10.3. The molecule has 4 nitrogen and oxygen atoms in total. The van der Waals surface area contributed by atoms with E-state index in [1.165, 1.54) is 24.3 Å². The molecule has 0 saturated carbocycles. The highest BCUT2D eigenvalue weighted by Gasteiger charge is 2.17. The molecule has 0 N–H and O–H groups in total. The van der Waals surface area contributed by atoms with E-state index in [9.17, 15) is 14.5 Å². The zero-order valence-electron chi connectivity index (χ0n) is 13.0. The van der Waals surface area contributed by atoms with Gasteiger partial charge >= 0.3 is 0 Å². The molecule has 0 unspecified atom stereocenters. The van der Waals surface area contributed by atoms with Crippen molar-refractivity contribution in [1.82, 2.24) is 0 Å². The summed E-state index contributed by atoms with van der Waals surface area (Å²) in [7, 11) is 0. The van der Waals surface area contributed by atoms with E-state index >= 15 is 0 Å². The molecule has 3 aromatic carbocycles. The molecule has 0 aliphatic carbocycles. The van der Waals surface area contributed by atoms with Crippen molar-refractivity contribution in [2.75, 3.05) is 4.90 Å². The Morgan fingerprint density at radius 2 is 1.56 bits per heavy atom. The third-order valence-corrected chi connectivity index (χ3v) is 4.03. The Morgan fingerprint density at radius 1 is 0.920 bits per heavy atom. The second kappa shape index (κ2) is 7.19. The predicted octanol–water partition coefficient (Wildman–Crippen LogP) is 5.25. The minimum atomic E-state index is -0.457. The summed E-state index contributed by atoms with van der Waals surface area (Å²) in [5, 5.41) is 10.9. The lowest BCUT2D eigenvalue weighted by Crippen LogP contribution is -2.25. The van der Waals surface area contributed by atoms with Crippen LogP contribution in [0.4, 0.5) is 21.5 Å². The van der Waals surface area contributed by atoms with Crippen LogP contribution in [-0.2, 0) is 0 Å². The van der Waals surface area contributed by atoms with Gasteiger partial charge in [-0.05, 0) is 36.4 Å². The molecule has 0 saturated heterocycles. The van der Waals surface area contributed by atoms with Crippen molar-refractivity contribution < 1.29 is 9.31 Å². The van der Waals surface area contributed by atoms with Crippen LogP contribution in [-0.4, -0.2) is 9.91 Å². The number of halogens is 1. The maximum absolute atomic E-state index is 13.6. The van der Waals surface area contributed by atoms with Gasteiger partial charge in [0.25, 0.3) is 5.69 Å². The number of nitro groups is 1. The molecule has 124 valence electrons. The fourth-order valence-electron chi connectivity index (χ4n) is 2.43. The van der Waals surface area contributed by atoms with Crippen molar-refractivity contribution >= 4 is 34.3 Å². The molecule has 25 heavy (non-hydrogen) atoms. The highest BCUT2D eigenvalue weighted by Crippen LogP contribution is 2.29. The summed E-state index contributed by atoms with van der Waals surface area (Å²) < 4.78 is 13.6. The Bertz CT molecular complexity index is 914. The number of nitro benzene ring substituents is 1. The SMILES string of the molecule is O=[N+]([O-])c1ccc(N(C(=S)c2cccc(F)c2)c2ccccc2)cc1. The van der Waals surface area contributed by atoms with Crippen molar-refractivity contribution in [2.45, 2.75) is 0 Å². The molecule has 0 aliphatic rings. The summed E-state index contributed by atoms with van der Waals surface area (Å²) in [5.41, 5.74) is 1.99. The highest BCUT2D eigenvalue weighted by atomic mass is 32.1. The molecule has 0 spiro atoms. The first kappa shape index (κ1) is 16.7. The van der Waals surface area contributed by atoms with Crippen LogP contribution in [0.2, 0.25) is 0 Å². The third kappa shape index (κ3) is 3.70. The Morgan fingerprint density at radius 3 is 2.16 bits per heavy atom. The summed E-state index contributed by atoms with van der Waals surface area (Å²) in [6, 6.07) is 21.5. The number of non-ortho nitro benzene ring substituents is 1. The van der Waals surface area contributed by atoms with Gasteiger partial charge in [0.05, 0.1) is 4.92 Å². The largest absolute Gasteiger partial charge is 0.301 e. The Hall–Kier alpha value is -3.12. The van der Waals surface area contributed by atoms with Gasteiger partial charge in [-0.15, -0.1) is 0 Å². The van der Waals surface area contributed by atoms with E-state index < -0.39 is 4.92 Å². The molecule has 0 aliphatic heterocycles. The number of anilines is 2. The minimum Gasteiger partial charge on any atom is -0.301 e. The van der Waals surface area contributed by atoms with E-state index in [-0.39, 0.29) is 11.5 Å². The molecule has 0 bridgehead atoms. The molecule has 0 amide bonds. The van der Waals surface area contributed by atoms with Crippen molar-refractivity contribution in [3.8, 4) is 0 Å². The van der Waals surface area contributed by atoms with Crippen LogP contribution in [0.1, 0.15) is 5.56 Å². The monoisotopic (exact) mass is 352 g/mol. The van der Waals surface area contributed by atoms with Crippen LogP contribution in [0.3, 0.4) is 0 Å². The summed E-state index contributed by atoms with van der Waals surface area (Å²) in [5.74, 6) is -0.378. The van der Waals surface area contributed by atoms with E-state index in [0.717, 1.165) is 5.69 Å². The summed E-state index contributed by atoms with van der Waals surface area (Å²) >= 11 is 5.58. The number of thiocarbonyl (C=S) groups is 1. The van der Waals surface area contributed by atoms with E-state index in [4.69, 9.17) is 12.2 Å². The summed E-state index contributed by atoms with van der Waals surface area (Å²) in [6.07, 6.45) is 0. The maximum atomic E-state index is 13.6. The molecule has 0 fully saturated rings. The number of hydrogen-bond acceptors (Lipinski definition) is 3. The van der Waals surface area contributed by atoms with Crippen LogP contribution >= 0.6 is 12.2 Å². The fourth-order valence-corrected chi connectivity index (χ4v) is 2.77. The lowest BCUT2D eigenvalue weighted by atomic mass is 10.1. The van der Waals surface area contributed by atoms with Crippen molar-refractivity contribution in [2.24, 2.45) is 0 Å². The van der Waals surface area contributed by atoms with Gasteiger partial charge < -0.3 is 4.90 Å². The topological polar surface area (TPSA) is 46.4 Å². The van der Waals surface area contributed by atoms with Gasteiger partial charge in [-0.3, -0.25) is 10.1 Å². The first-order valence-corrected chi connectivity index (χ1v) is 7.86. The molecule has 0 heterocycles. The highest BCUT2D eigenvalue weighted by molar-refractivity contribution is 7.81. The standard InChI is InChI=1S/C19H13FN2O2S/c20-15-6-4-5-14(13-15)19(25)21(16-7-2-1-3-8-16)17-9-11-18(12-10-17)22(23)24/h1-13H. The zero-order valence-corrected chi connectivity index (χ0v) is 13.8. The quantitative estimate of drug-likeness (QED) is 0.366. The zero-order chi connectivity index (χ0) is 17.8. The molecular weight excluding hydrogens is 339 g/mol. The third-order valence-electron chi connectivity index (χ3n) is 3.61. The van der Waals surface area contributed by atoms with Gasteiger partial charge in [0.2, 0.25) is 0 Å². The van der Waals surface area contributed by atoms with Crippen molar-refractivity contribution in [3.63, 3.8) is 0 Å². The van der Waals surface area contributed by atoms with Gasteiger partial charge in [-0.2, -0.15) is 0 Å². The van der Waals surface area contributed by atoms with Crippen LogP contribution < -0.4 is 4.90 Å². The molecule has 6 heteroatoms. The van der Waals surface area contributed by atoms with E-state index in [0.29, 0.717) is 16.2 Å². The Balaban J connectivity index is 2.07. The van der Waals surface area contributed by atoms with Crippen LogP contribution in [0, 0.1) is 15.9 Å². The first-order valence-electron chi connectivity index (χ1n) is 7.46. The lowest BCUT2D eigenvalue weighted by Gasteiger charge is -2.25. The smallest absolute Gasteiger partial charge is 0.269 e.